The van der Waals surface area contributed by atoms with Crippen LogP contribution < -0.4 is 5.32 Å². The summed E-state index contributed by atoms with van der Waals surface area (Å²) in [6, 6.07) is 3.89. The smallest absolute Gasteiger partial charge is 0.238 e. The van der Waals surface area contributed by atoms with Gasteiger partial charge in [-0.3, -0.25) is 4.79 Å². The molecule has 1 N–H and O–H groups in total. The number of hydrogen-bond acceptors (Lipinski definition) is 4. The van der Waals surface area contributed by atoms with Crippen LogP contribution >= 0.6 is 11.3 Å². The predicted molar refractivity (Wildman–Crippen MR) is 65.2 cm³/mol. The van der Waals surface area contributed by atoms with Gasteiger partial charge < -0.3 is 5.32 Å². The number of aryl methyl sites for hydroxylation is 1. The molecular weight excluding hydrogens is 246 g/mol. The quantitative estimate of drug-likeness (QED) is 0.883. The molecule has 1 aromatic heterocycles. The third kappa shape index (κ3) is 3.61. The van der Waals surface area contributed by atoms with Crippen LogP contribution in [0.5, 0.6) is 0 Å². The largest absolute Gasteiger partial charge is 0.350 e. The zero-order valence-electron chi connectivity index (χ0n) is 9.48. The summed E-state index contributed by atoms with van der Waals surface area (Å²) in [5.74, 6) is -0.450. The average molecular weight is 261 g/mol. The predicted octanol–water partition coefficient (Wildman–Crippen LogP) is 1.11. The highest BCUT2D eigenvalue weighted by Crippen LogP contribution is 2.14. The van der Waals surface area contributed by atoms with Crippen LogP contribution in [0.4, 0.5) is 0 Å². The summed E-state index contributed by atoms with van der Waals surface area (Å²) < 4.78 is 22.3. The van der Waals surface area contributed by atoms with Gasteiger partial charge in [-0.1, -0.05) is 0 Å². The summed E-state index contributed by atoms with van der Waals surface area (Å²) in [5, 5.41) is 1.62. The van der Waals surface area contributed by atoms with Crippen molar-refractivity contribution >= 4 is 27.1 Å². The second kappa shape index (κ2) is 4.97. The van der Waals surface area contributed by atoms with E-state index < -0.39 is 21.0 Å². The topological polar surface area (TPSA) is 63.2 Å². The summed E-state index contributed by atoms with van der Waals surface area (Å²) in [5.41, 5.74) is 0. The van der Waals surface area contributed by atoms with Gasteiger partial charge in [0.2, 0.25) is 5.91 Å². The van der Waals surface area contributed by atoms with Crippen LogP contribution in [0.25, 0.3) is 0 Å². The molecule has 4 nitrogen and oxygen atoms in total. The first kappa shape index (κ1) is 13.2. The lowest BCUT2D eigenvalue weighted by molar-refractivity contribution is -0.120. The minimum atomic E-state index is -3.31. The van der Waals surface area contributed by atoms with E-state index >= 15 is 0 Å². The minimum absolute atomic E-state index is 0.386. The van der Waals surface area contributed by atoms with Crippen molar-refractivity contribution in [2.45, 2.75) is 25.6 Å². The van der Waals surface area contributed by atoms with Crippen molar-refractivity contribution in [3.63, 3.8) is 0 Å². The van der Waals surface area contributed by atoms with E-state index in [0.717, 1.165) is 11.1 Å². The molecule has 6 heteroatoms. The molecule has 16 heavy (non-hydrogen) atoms. The third-order valence-corrected chi connectivity index (χ3v) is 4.74. The van der Waals surface area contributed by atoms with Crippen LogP contribution in [-0.2, 0) is 21.2 Å². The normalized spacial score (nSPS) is 13.4. The van der Waals surface area contributed by atoms with Gasteiger partial charge in [-0.05, 0) is 26.0 Å². The lowest BCUT2D eigenvalue weighted by atomic mass is 10.4. The molecule has 0 aromatic carbocycles. The Balaban J connectivity index is 2.54. The second-order valence-electron chi connectivity index (χ2n) is 3.70. The number of thiophene rings is 1. The molecular formula is C10H15NO3S2. The third-order valence-electron chi connectivity index (χ3n) is 2.24. The second-order valence-corrected chi connectivity index (χ2v) is 7.44. The van der Waals surface area contributed by atoms with Crippen LogP contribution in [-0.4, -0.2) is 25.8 Å². The highest BCUT2D eigenvalue weighted by molar-refractivity contribution is 7.92. The van der Waals surface area contributed by atoms with Gasteiger partial charge in [-0.2, -0.15) is 0 Å². The number of carbonyl (C=O) groups excluding carboxylic acids is 1. The molecule has 0 aliphatic rings. The van der Waals surface area contributed by atoms with Gasteiger partial charge in [0.15, 0.2) is 9.84 Å². The molecule has 0 saturated carbocycles. The Hall–Kier alpha value is -0.880. The van der Waals surface area contributed by atoms with E-state index in [1.165, 1.54) is 11.8 Å². The van der Waals surface area contributed by atoms with Crippen molar-refractivity contribution in [2.75, 3.05) is 6.26 Å². The lowest BCUT2D eigenvalue weighted by Crippen LogP contribution is -2.36. The molecule has 90 valence electrons. The summed E-state index contributed by atoms with van der Waals surface area (Å²) >= 11 is 1.58. The molecule has 1 aromatic rings. The fourth-order valence-electron chi connectivity index (χ4n) is 1.09. The van der Waals surface area contributed by atoms with E-state index in [2.05, 4.69) is 5.32 Å². The molecule has 0 fully saturated rings. The van der Waals surface area contributed by atoms with Crippen molar-refractivity contribution in [3.05, 3.63) is 21.9 Å². The van der Waals surface area contributed by atoms with Crippen molar-refractivity contribution in [1.82, 2.24) is 5.32 Å². The molecule has 0 bridgehead atoms. The first-order chi connectivity index (χ1) is 7.30. The van der Waals surface area contributed by atoms with E-state index in [4.69, 9.17) is 0 Å². The first-order valence-corrected chi connectivity index (χ1v) is 7.59. The van der Waals surface area contributed by atoms with Gasteiger partial charge in [0.1, 0.15) is 5.25 Å². The highest BCUT2D eigenvalue weighted by atomic mass is 32.2. The standard InChI is InChI=1S/C10H15NO3S2/c1-7-4-5-9(15-7)6-11-10(12)8(2)16(3,13)14/h4-5,8H,6H2,1-3H3,(H,11,12)/t8-/m0/s1. The molecule has 1 atom stereocenters. The van der Waals surface area contributed by atoms with E-state index in [9.17, 15) is 13.2 Å². The maximum atomic E-state index is 11.5. The van der Waals surface area contributed by atoms with Gasteiger partial charge in [-0.15, -0.1) is 11.3 Å². The molecule has 0 aliphatic carbocycles. The Morgan fingerprint density at radius 2 is 2.12 bits per heavy atom. The summed E-state index contributed by atoms with van der Waals surface area (Å²) in [4.78, 5) is 13.7. The molecule has 1 heterocycles. The monoisotopic (exact) mass is 261 g/mol. The Morgan fingerprint density at radius 1 is 1.50 bits per heavy atom. The van der Waals surface area contributed by atoms with Crippen molar-refractivity contribution < 1.29 is 13.2 Å². The summed E-state index contributed by atoms with van der Waals surface area (Å²) in [6.45, 7) is 3.76. The Morgan fingerprint density at radius 3 is 2.56 bits per heavy atom. The zero-order valence-corrected chi connectivity index (χ0v) is 11.1. The van der Waals surface area contributed by atoms with Crippen LogP contribution in [0.1, 0.15) is 16.7 Å². The first-order valence-electron chi connectivity index (χ1n) is 4.82. The van der Waals surface area contributed by atoms with E-state index in [0.29, 0.717) is 6.54 Å². The number of carbonyl (C=O) groups is 1. The number of rotatable bonds is 4. The number of amides is 1. The average Bonchev–Trinajstić information content (AvgIpc) is 2.58. The van der Waals surface area contributed by atoms with E-state index in [-0.39, 0.29) is 0 Å². The number of hydrogen-bond donors (Lipinski definition) is 1. The maximum absolute atomic E-state index is 11.5. The molecule has 0 saturated heterocycles. The van der Waals surface area contributed by atoms with Crippen molar-refractivity contribution in [2.24, 2.45) is 0 Å². The fourth-order valence-corrected chi connectivity index (χ4v) is 2.39. The highest BCUT2D eigenvalue weighted by Gasteiger charge is 2.22. The van der Waals surface area contributed by atoms with Gasteiger partial charge in [0.25, 0.3) is 0 Å². The molecule has 1 amide bonds. The Labute approximate surface area is 99.6 Å². The van der Waals surface area contributed by atoms with Crippen LogP contribution in [0.15, 0.2) is 12.1 Å². The minimum Gasteiger partial charge on any atom is -0.350 e. The van der Waals surface area contributed by atoms with Crippen LogP contribution in [0.3, 0.4) is 0 Å². The molecule has 1 rings (SSSR count). The maximum Gasteiger partial charge on any atom is 0.238 e. The van der Waals surface area contributed by atoms with Gasteiger partial charge in [0.05, 0.1) is 6.54 Å². The fraction of sp³-hybridized carbons (Fsp3) is 0.500. The van der Waals surface area contributed by atoms with E-state index in [1.54, 1.807) is 11.3 Å². The van der Waals surface area contributed by atoms with Crippen molar-refractivity contribution in [1.29, 1.82) is 0 Å². The number of nitrogens with one attached hydrogen (secondary N) is 1. The molecule has 0 aliphatic heterocycles. The van der Waals surface area contributed by atoms with Crippen LogP contribution in [0, 0.1) is 6.92 Å². The van der Waals surface area contributed by atoms with Crippen molar-refractivity contribution in [3.8, 4) is 0 Å². The van der Waals surface area contributed by atoms with Crippen LogP contribution in [0.2, 0.25) is 0 Å². The van der Waals surface area contributed by atoms with Gasteiger partial charge in [0, 0.05) is 16.0 Å². The van der Waals surface area contributed by atoms with Gasteiger partial charge >= 0.3 is 0 Å². The SMILES string of the molecule is Cc1ccc(CNC(=O)[C@H](C)S(C)(=O)=O)s1. The molecule has 0 spiro atoms. The molecule has 0 radical (unpaired) electrons. The number of sulfone groups is 1. The zero-order chi connectivity index (χ0) is 12.3. The Bertz CT molecular complexity index is 476. The Kier molecular flexibility index (Phi) is 4.09. The van der Waals surface area contributed by atoms with Gasteiger partial charge in [-0.25, -0.2) is 8.42 Å². The summed E-state index contributed by atoms with van der Waals surface area (Å²) in [6.07, 6.45) is 1.06. The lowest BCUT2D eigenvalue weighted by Gasteiger charge is -2.09. The summed E-state index contributed by atoms with van der Waals surface area (Å²) in [7, 11) is -3.31. The van der Waals surface area contributed by atoms with E-state index in [1.807, 2.05) is 19.1 Å². The molecule has 0 unspecified atom stereocenters.